The summed E-state index contributed by atoms with van der Waals surface area (Å²) in [6.07, 6.45) is 4.63. The van der Waals surface area contributed by atoms with Gasteiger partial charge in [0, 0.05) is 49.0 Å². The first-order chi connectivity index (χ1) is 13.3. The molecule has 2 amide bonds. The summed E-state index contributed by atoms with van der Waals surface area (Å²) < 4.78 is 1.76. The zero-order valence-electron chi connectivity index (χ0n) is 17.4. The topological polar surface area (TPSA) is 88.1 Å². The molecule has 3 rings (SSSR count). The van der Waals surface area contributed by atoms with Crippen molar-refractivity contribution in [3.05, 3.63) is 47.8 Å². The van der Waals surface area contributed by atoms with E-state index in [0.29, 0.717) is 17.8 Å². The van der Waals surface area contributed by atoms with Crippen molar-refractivity contribution in [2.24, 2.45) is 13.0 Å². The van der Waals surface area contributed by atoms with E-state index in [1.165, 1.54) is 0 Å². The van der Waals surface area contributed by atoms with Gasteiger partial charge < -0.3 is 16.0 Å². The number of amides is 2. The Balaban J connectivity index is 0.00000300. The molecule has 0 saturated carbocycles. The van der Waals surface area contributed by atoms with E-state index in [1.807, 2.05) is 40.2 Å². The molecule has 29 heavy (non-hydrogen) atoms. The molecule has 0 bridgehead atoms. The van der Waals surface area contributed by atoms with E-state index in [9.17, 15) is 9.59 Å². The van der Waals surface area contributed by atoms with Crippen LogP contribution in [0.5, 0.6) is 0 Å². The minimum absolute atomic E-state index is 0. The van der Waals surface area contributed by atoms with Crippen molar-refractivity contribution in [2.75, 3.05) is 18.4 Å². The number of benzene rings is 1. The van der Waals surface area contributed by atoms with E-state index in [2.05, 4.69) is 21.0 Å². The maximum atomic E-state index is 12.8. The fourth-order valence-electron chi connectivity index (χ4n) is 3.34. The lowest BCUT2D eigenvalue weighted by Crippen LogP contribution is -2.42. The largest absolute Gasteiger partial charge is 0.347 e. The first-order valence-corrected chi connectivity index (χ1v) is 9.72. The van der Waals surface area contributed by atoms with Crippen LogP contribution in [0.4, 0.5) is 5.69 Å². The molecule has 2 aromatic rings. The predicted molar refractivity (Wildman–Crippen MR) is 116 cm³/mol. The number of rotatable bonds is 6. The Hall–Kier alpha value is -2.38. The lowest BCUT2D eigenvalue weighted by atomic mass is 9.90. The lowest BCUT2D eigenvalue weighted by Gasteiger charge is -2.24. The first-order valence-electron chi connectivity index (χ1n) is 9.72. The number of nitrogens with one attached hydrogen (secondary N) is 3. The molecule has 0 aliphatic carbocycles. The van der Waals surface area contributed by atoms with Crippen molar-refractivity contribution in [1.29, 1.82) is 0 Å². The normalized spacial score (nSPS) is 18.8. The van der Waals surface area contributed by atoms with Gasteiger partial charge in [-0.1, -0.05) is 6.92 Å². The molecule has 1 saturated heterocycles. The Morgan fingerprint density at radius 1 is 1.24 bits per heavy atom. The number of carbonyl (C=O) groups is 2. The number of hydrogen-bond donors (Lipinski definition) is 3. The summed E-state index contributed by atoms with van der Waals surface area (Å²) in [4.78, 5) is 25.1. The Labute approximate surface area is 178 Å². The molecule has 1 aliphatic heterocycles. The van der Waals surface area contributed by atoms with Gasteiger partial charge in [0.15, 0.2) is 0 Å². The van der Waals surface area contributed by atoms with E-state index in [-0.39, 0.29) is 41.6 Å². The first kappa shape index (κ1) is 22.9. The van der Waals surface area contributed by atoms with Gasteiger partial charge in [0.25, 0.3) is 5.91 Å². The average Bonchev–Trinajstić information content (AvgIpc) is 3.30. The molecule has 2 heterocycles. The smallest absolute Gasteiger partial charge is 0.251 e. The monoisotopic (exact) mass is 419 g/mol. The quantitative estimate of drug-likeness (QED) is 0.671. The molecule has 158 valence electrons. The third-order valence-electron chi connectivity index (χ3n) is 5.45. The molecule has 8 heteroatoms. The molecule has 1 aromatic heterocycles. The van der Waals surface area contributed by atoms with Crippen LogP contribution in [0.15, 0.2) is 36.7 Å². The highest BCUT2D eigenvalue weighted by Gasteiger charge is 2.34. The van der Waals surface area contributed by atoms with Gasteiger partial charge in [0.2, 0.25) is 5.91 Å². The fourth-order valence-corrected chi connectivity index (χ4v) is 3.34. The highest BCUT2D eigenvalue weighted by molar-refractivity contribution is 5.97. The predicted octanol–water partition coefficient (Wildman–Crippen LogP) is 2.70. The summed E-state index contributed by atoms with van der Waals surface area (Å²) in [5.74, 6) is -0.183. The van der Waals surface area contributed by atoms with E-state index < -0.39 is 0 Å². The number of hydrogen-bond acceptors (Lipinski definition) is 4. The fraction of sp³-hybridized carbons (Fsp3) is 0.476. The molecular formula is C21H30ClN5O2. The Morgan fingerprint density at radius 2 is 1.93 bits per heavy atom. The summed E-state index contributed by atoms with van der Waals surface area (Å²) in [7, 11) is 1.88. The Kier molecular flexibility index (Phi) is 7.43. The van der Waals surface area contributed by atoms with Crippen molar-refractivity contribution in [3.63, 3.8) is 0 Å². The van der Waals surface area contributed by atoms with Gasteiger partial charge in [0.05, 0.1) is 12.1 Å². The third kappa shape index (κ3) is 5.58. The van der Waals surface area contributed by atoms with Crippen molar-refractivity contribution in [1.82, 2.24) is 20.4 Å². The molecule has 0 spiro atoms. The van der Waals surface area contributed by atoms with Crippen LogP contribution in [0.2, 0.25) is 0 Å². The highest BCUT2D eigenvalue weighted by Crippen LogP contribution is 2.29. The van der Waals surface area contributed by atoms with Gasteiger partial charge in [-0.25, -0.2) is 0 Å². The van der Waals surface area contributed by atoms with E-state index in [1.54, 1.807) is 28.9 Å². The van der Waals surface area contributed by atoms with Gasteiger partial charge in [0.1, 0.15) is 0 Å². The molecule has 2 atom stereocenters. The van der Waals surface area contributed by atoms with Crippen LogP contribution >= 0.6 is 12.4 Å². The van der Waals surface area contributed by atoms with Crippen LogP contribution in [0, 0.1) is 5.92 Å². The number of carbonyl (C=O) groups excluding carboxylic acids is 2. The maximum absolute atomic E-state index is 12.8. The van der Waals surface area contributed by atoms with Gasteiger partial charge in [-0.15, -0.1) is 12.4 Å². The summed E-state index contributed by atoms with van der Waals surface area (Å²) >= 11 is 0. The number of anilines is 1. The van der Waals surface area contributed by atoms with Crippen LogP contribution in [0.1, 0.15) is 49.0 Å². The standard InChI is InChI=1S/C21H29N5O2.ClH/c1-5-21(2,3)25-19(27)14-6-8-16(9-7-14)24-20(28)18-12-22-11-17(18)15-10-23-26(4)13-15;/h6-10,13,17-18,22H,5,11-12H2,1-4H3,(H,24,28)(H,25,27);1H/t17-,18+;/m1./s1. The number of nitrogens with zero attached hydrogens (tertiary/aromatic N) is 2. The summed E-state index contributed by atoms with van der Waals surface area (Å²) in [6, 6.07) is 7.02. The zero-order valence-corrected chi connectivity index (χ0v) is 18.2. The molecule has 1 aromatic carbocycles. The molecule has 0 radical (unpaired) electrons. The van der Waals surface area contributed by atoms with Crippen LogP contribution < -0.4 is 16.0 Å². The van der Waals surface area contributed by atoms with Crippen LogP contribution in [0.3, 0.4) is 0 Å². The van der Waals surface area contributed by atoms with Gasteiger partial charge in [-0.3, -0.25) is 14.3 Å². The SMILES string of the molecule is CCC(C)(C)NC(=O)c1ccc(NC(=O)[C@H]2CNC[C@@H]2c2cnn(C)c2)cc1.Cl. The van der Waals surface area contributed by atoms with Gasteiger partial charge in [-0.2, -0.15) is 5.10 Å². The number of aromatic nitrogens is 2. The van der Waals surface area contributed by atoms with Crippen molar-refractivity contribution < 1.29 is 9.59 Å². The molecule has 7 nitrogen and oxygen atoms in total. The van der Waals surface area contributed by atoms with Crippen molar-refractivity contribution >= 4 is 29.9 Å². The molecule has 3 N–H and O–H groups in total. The van der Waals surface area contributed by atoms with Crippen molar-refractivity contribution in [2.45, 2.75) is 38.6 Å². The van der Waals surface area contributed by atoms with Crippen LogP contribution in [-0.2, 0) is 11.8 Å². The summed E-state index contributed by atoms with van der Waals surface area (Å²) in [5, 5.41) is 13.5. The molecule has 0 unspecified atom stereocenters. The number of aryl methyl sites for hydroxylation is 1. The third-order valence-corrected chi connectivity index (χ3v) is 5.45. The molecular weight excluding hydrogens is 390 g/mol. The second-order valence-electron chi connectivity index (χ2n) is 8.08. The Bertz CT molecular complexity index is 847. The maximum Gasteiger partial charge on any atom is 0.251 e. The van der Waals surface area contributed by atoms with Gasteiger partial charge in [-0.05, 0) is 50.1 Å². The average molecular weight is 420 g/mol. The second kappa shape index (κ2) is 9.41. The van der Waals surface area contributed by atoms with E-state index >= 15 is 0 Å². The van der Waals surface area contributed by atoms with Crippen LogP contribution in [-0.4, -0.2) is 40.2 Å². The number of halogens is 1. The second-order valence-corrected chi connectivity index (χ2v) is 8.08. The van der Waals surface area contributed by atoms with Crippen LogP contribution in [0.25, 0.3) is 0 Å². The van der Waals surface area contributed by atoms with Crippen molar-refractivity contribution in [3.8, 4) is 0 Å². The minimum atomic E-state index is -0.249. The van der Waals surface area contributed by atoms with Gasteiger partial charge >= 0.3 is 0 Å². The Morgan fingerprint density at radius 3 is 2.52 bits per heavy atom. The lowest BCUT2D eigenvalue weighted by molar-refractivity contribution is -0.119. The summed E-state index contributed by atoms with van der Waals surface area (Å²) in [5.41, 5.74) is 2.09. The zero-order chi connectivity index (χ0) is 20.3. The molecule has 1 fully saturated rings. The summed E-state index contributed by atoms with van der Waals surface area (Å²) in [6.45, 7) is 7.42. The molecule has 1 aliphatic rings. The highest BCUT2D eigenvalue weighted by atomic mass is 35.5. The van der Waals surface area contributed by atoms with E-state index in [0.717, 1.165) is 18.5 Å². The van der Waals surface area contributed by atoms with E-state index in [4.69, 9.17) is 0 Å². The minimum Gasteiger partial charge on any atom is -0.347 e.